The molecule has 2 aromatic heterocycles. The summed E-state index contributed by atoms with van der Waals surface area (Å²) in [7, 11) is 0. The molecular weight excluding hydrogens is 376 g/mol. The topological polar surface area (TPSA) is 75.6 Å². The fraction of sp³-hybridized carbons (Fsp3) is 0.278. The fourth-order valence-corrected chi connectivity index (χ4v) is 3.02. The summed E-state index contributed by atoms with van der Waals surface area (Å²) in [6, 6.07) is 8.65. The molecule has 0 unspecified atom stereocenters. The predicted molar refractivity (Wildman–Crippen MR) is 96.5 cm³/mol. The Morgan fingerprint density at radius 3 is 2.93 bits per heavy atom. The second-order valence-electron chi connectivity index (χ2n) is 6.64. The van der Waals surface area contributed by atoms with Crippen molar-refractivity contribution in [3.05, 3.63) is 59.0 Å². The molecule has 1 amide bonds. The van der Waals surface area contributed by atoms with Crippen LogP contribution in [0.2, 0.25) is 5.02 Å². The van der Waals surface area contributed by atoms with Crippen LogP contribution in [0.3, 0.4) is 0 Å². The Balaban J connectivity index is 1.44. The van der Waals surface area contributed by atoms with Gasteiger partial charge in [0.1, 0.15) is 0 Å². The summed E-state index contributed by atoms with van der Waals surface area (Å²) in [6.07, 6.45) is 3.16. The van der Waals surface area contributed by atoms with Gasteiger partial charge in [0.25, 0.3) is 5.92 Å². The van der Waals surface area contributed by atoms with Gasteiger partial charge in [0.2, 0.25) is 5.91 Å². The van der Waals surface area contributed by atoms with E-state index in [0.29, 0.717) is 16.3 Å². The highest BCUT2D eigenvalue weighted by molar-refractivity contribution is 6.30. The Morgan fingerprint density at radius 2 is 2.22 bits per heavy atom. The van der Waals surface area contributed by atoms with Crippen LogP contribution >= 0.6 is 11.6 Å². The average molecular weight is 392 g/mol. The zero-order chi connectivity index (χ0) is 19.2. The highest BCUT2D eigenvalue weighted by atomic mass is 35.5. The fourth-order valence-electron chi connectivity index (χ4n) is 2.84. The molecule has 27 heavy (non-hydrogen) atoms. The van der Waals surface area contributed by atoms with Gasteiger partial charge in [-0.2, -0.15) is 10.2 Å². The second kappa shape index (κ2) is 6.45. The molecule has 6 nitrogen and oxygen atoms in total. The minimum absolute atomic E-state index is 0.193. The highest BCUT2D eigenvalue weighted by Gasteiger charge is 2.58. The molecule has 9 heteroatoms. The van der Waals surface area contributed by atoms with Crippen molar-refractivity contribution in [1.82, 2.24) is 20.0 Å². The zero-order valence-corrected chi connectivity index (χ0v) is 15.0. The van der Waals surface area contributed by atoms with E-state index < -0.39 is 17.8 Å². The number of hydrogen-bond acceptors (Lipinski definition) is 3. The molecule has 1 saturated carbocycles. The summed E-state index contributed by atoms with van der Waals surface area (Å²) in [6.45, 7) is 1.73. The lowest BCUT2D eigenvalue weighted by Crippen LogP contribution is -2.18. The number of aromatic amines is 1. The van der Waals surface area contributed by atoms with Gasteiger partial charge in [0, 0.05) is 35.0 Å². The molecule has 0 bridgehead atoms. The van der Waals surface area contributed by atoms with Gasteiger partial charge >= 0.3 is 0 Å². The number of benzene rings is 1. The number of nitrogens with one attached hydrogen (secondary N) is 2. The molecule has 2 N–H and O–H groups in total. The van der Waals surface area contributed by atoms with Gasteiger partial charge in [0.15, 0.2) is 5.82 Å². The van der Waals surface area contributed by atoms with Crippen molar-refractivity contribution in [2.24, 2.45) is 0 Å². The Labute approximate surface area is 158 Å². The molecule has 1 aliphatic carbocycles. The van der Waals surface area contributed by atoms with Crippen LogP contribution in [0.25, 0.3) is 5.69 Å². The van der Waals surface area contributed by atoms with E-state index in [1.54, 1.807) is 36.1 Å². The van der Waals surface area contributed by atoms with Crippen molar-refractivity contribution in [3.63, 3.8) is 0 Å². The van der Waals surface area contributed by atoms with Crippen molar-refractivity contribution < 1.29 is 13.6 Å². The van der Waals surface area contributed by atoms with Crippen molar-refractivity contribution in [1.29, 1.82) is 0 Å². The first-order chi connectivity index (χ1) is 12.8. The summed E-state index contributed by atoms with van der Waals surface area (Å²) in [5.74, 6) is -4.10. The molecule has 0 aliphatic heterocycles. The molecule has 2 heterocycles. The first kappa shape index (κ1) is 17.7. The summed E-state index contributed by atoms with van der Waals surface area (Å²) in [4.78, 5) is 12.5. The molecule has 4 rings (SSSR count). The minimum atomic E-state index is -2.68. The maximum absolute atomic E-state index is 13.1. The number of alkyl halides is 2. The number of hydrogen-bond donors (Lipinski definition) is 2. The number of carbonyl (C=O) groups is 1. The van der Waals surface area contributed by atoms with Gasteiger partial charge in [-0.1, -0.05) is 17.7 Å². The number of anilines is 1. The van der Waals surface area contributed by atoms with E-state index in [1.807, 2.05) is 12.1 Å². The largest absolute Gasteiger partial charge is 0.309 e. The third kappa shape index (κ3) is 3.57. The number of rotatable bonds is 5. The molecule has 1 aliphatic rings. The number of aromatic nitrogens is 4. The van der Waals surface area contributed by atoms with Gasteiger partial charge in [0.05, 0.1) is 23.7 Å². The first-order valence-electron chi connectivity index (χ1n) is 8.38. The average Bonchev–Trinajstić information content (AvgIpc) is 3.03. The van der Waals surface area contributed by atoms with Crippen LogP contribution in [0, 0.1) is 0 Å². The molecular formula is C18H16ClF2N5O. The summed E-state index contributed by atoms with van der Waals surface area (Å²) in [5, 5.41) is 14.0. The van der Waals surface area contributed by atoms with Crippen LogP contribution < -0.4 is 5.32 Å². The van der Waals surface area contributed by atoms with E-state index in [9.17, 15) is 13.6 Å². The number of nitrogens with zero attached hydrogens (tertiary/aromatic N) is 3. The van der Waals surface area contributed by atoms with Crippen LogP contribution in [0.1, 0.15) is 36.4 Å². The number of H-pyrrole nitrogens is 1. The standard InChI is InChI=1S/C18H16ClF2N5O/c1-10(11-8-22-26(9-11)13-4-2-3-12(19)5-13)17(27)23-16-6-15(24-25-16)14-7-18(14,20)21/h2-6,8-10,14H,7H2,1H3,(H2,23,24,25,27)/t10-,14+/m0/s1. The minimum Gasteiger partial charge on any atom is -0.309 e. The van der Waals surface area contributed by atoms with E-state index in [0.717, 1.165) is 5.69 Å². The van der Waals surface area contributed by atoms with Gasteiger partial charge in [-0.3, -0.25) is 9.89 Å². The van der Waals surface area contributed by atoms with Crippen LogP contribution in [0.5, 0.6) is 0 Å². The van der Waals surface area contributed by atoms with Crippen LogP contribution in [0.15, 0.2) is 42.7 Å². The van der Waals surface area contributed by atoms with Gasteiger partial charge < -0.3 is 5.32 Å². The van der Waals surface area contributed by atoms with E-state index in [2.05, 4.69) is 20.6 Å². The number of amides is 1. The third-order valence-electron chi connectivity index (χ3n) is 4.62. The van der Waals surface area contributed by atoms with Crippen molar-refractivity contribution >= 4 is 23.3 Å². The summed E-state index contributed by atoms with van der Waals surface area (Å²) in [5.41, 5.74) is 1.82. The van der Waals surface area contributed by atoms with E-state index in [4.69, 9.17) is 11.6 Å². The lowest BCUT2D eigenvalue weighted by molar-refractivity contribution is -0.117. The van der Waals surface area contributed by atoms with Crippen molar-refractivity contribution in [2.75, 3.05) is 5.32 Å². The van der Waals surface area contributed by atoms with Crippen LogP contribution in [0.4, 0.5) is 14.6 Å². The lowest BCUT2D eigenvalue weighted by Gasteiger charge is -2.08. The molecule has 3 aromatic rings. The van der Waals surface area contributed by atoms with E-state index >= 15 is 0 Å². The molecule has 140 valence electrons. The van der Waals surface area contributed by atoms with Gasteiger partial charge in [-0.25, -0.2) is 13.5 Å². The van der Waals surface area contributed by atoms with E-state index in [1.165, 1.54) is 6.07 Å². The Bertz CT molecular complexity index is 999. The zero-order valence-electron chi connectivity index (χ0n) is 14.3. The smallest absolute Gasteiger partial charge is 0.257 e. The quantitative estimate of drug-likeness (QED) is 0.687. The molecule has 0 spiro atoms. The normalized spacial score (nSPS) is 18.9. The van der Waals surface area contributed by atoms with Crippen molar-refractivity contribution in [2.45, 2.75) is 31.1 Å². The second-order valence-corrected chi connectivity index (χ2v) is 7.07. The predicted octanol–water partition coefficient (Wildman–Crippen LogP) is 4.11. The molecule has 0 saturated heterocycles. The van der Waals surface area contributed by atoms with Gasteiger partial charge in [-0.05, 0) is 25.1 Å². The molecule has 1 aromatic carbocycles. The lowest BCUT2D eigenvalue weighted by atomic mass is 10.0. The highest BCUT2D eigenvalue weighted by Crippen LogP contribution is 2.55. The van der Waals surface area contributed by atoms with Crippen LogP contribution in [-0.4, -0.2) is 31.8 Å². The van der Waals surface area contributed by atoms with Gasteiger partial charge in [-0.15, -0.1) is 0 Å². The Hall–Kier alpha value is -2.74. The summed E-state index contributed by atoms with van der Waals surface area (Å²) < 4.78 is 27.9. The van der Waals surface area contributed by atoms with E-state index in [-0.39, 0.29) is 18.1 Å². The first-order valence-corrected chi connectivity index (χ1v) is 8.76. The Morgan fingerprint density at radius 1 is 1.44 bits per heavy atom. The third-order valence-corrected chi connectivity index (χ3v) is 4.85. The molecule has 0 radical (unpaired) electrons. The van der Waals surface area contributed by atoms with Crippen molar-refractivity contribution in [3.8, 4) is 5.69 Å². The molecule has 1 fully saturated rings. The van der Waals surface area contributed by atoms with Crippen LogP contribution in [-0.2, 0) is 4.79 Å². The number of halogens is 3. The number of carbonyl (C=O) groups excluding carboxylic acids is 1. The maximum Gasteiger partial charge on any atom is 0.257 e. The summed E-state index contributed by atoms with van der Waals surface area (Å²) >= 11 is 5.99. The molecule has 2 atom stereocenters. The Kier molecular flexibility index (Phi) is 4.22. The SMILES string of the molecule is C[C@H](C(=O)Nc1cc([C@H]2CC2(F)F)[nH]n1)c1cnn(-c2cccc(Cl)c2)c1. The maximum atomic E-state index is 13.1. The monoisotopic (exact) mass is 391 g/mol.